The molecule has 160 valence electrons. The Morgan fingerprint density at radius 1 is 1.00 bits per heavy atom. The van der Waals surface area contributed by atoms with Gasteiger partial charge in [0.2, 0.25) is 0 Å². The molecular formula is C26H23N3O3. The van der Waals surface area contributed by atoms with E-state index in [1.807, 2.05) is 37.3 Å². The molecule has 1 fully saturated rings. The standard InChI is InChI=1S/C26H23N3O3/c1-17-2-6-19(7-3-17)23-11-10-21(14-24(23)20-8-4-18(15-27)5-9-20)25(30)29-13-12-22(16-29)28-26(31)32/h2-11,14,22,28H,12-13,16H2,1H3,(H,31,32)/t22-/m0/s1. The van der Waals surface area contributed by atoms with Crippen LogP contribution in [0.15, 0.2) is 66.7 Å². The van der Waals surface area contributed by atoms with Crippen LogP contribution in [0.2, 0.25) is 0 Å². The molecule has 3 aromatic carbocycles. The quantitative estimate of drug-likeness (QED) is 0.635. The minimum Gasteiger partial charge on any atom is -0.465 e. The van der Waals surface area contributed by atoms with E-state index in [0.717, 1.165) is 22.3 Å². The molecule has 1 aliphatic heterocycles. The van der Waals surface area contributed by atoms with E-state index < -0.39 is 6.09 Å². The van der Waals surface area contributed by atoms with E-state index in [9.17, 15) is 9.59 Å². The van der Waals surface area contributed by atoms with Gasteiger partial charge in [0.05, 0.1) is 17.7 Å². The first kappa shape index (κ1) is 21.1. The highest BCUT2D eigenvalue weighted by molar-refractivity contribution is 5.98. The van der Waals surface area contributed by atoms with Crippen molar-refractivity contribution in [2.24, 2.45) is 0 Å². The van der Waals surface area contributed by atoms with Crippen LogP contribution in [0, 0.1) is 18.3 Å². The number of carbonyl (C=O) groups is 2. The molecule has 2 N–H and O–H groups in total. The van der Waals surface area contributed by atoms with E-state index in [-0.39, 0.29) is 11.9 Å². The Balaban J connectivity index is 1.71. The smallest absolute Gasteiger partial charge is 0.404 e. The molecule has 2 amide bonds. The van der Waals surface area contributed by atoms with Crippen molar-refractivity contribution in [3.8, 4) is 28.3 Å². The van der Waals surface area contributed by atoms with Gasteiger partial charge in [0.15, 0.2) is 0 Å². The van der Waals surface area contributed by atoms with Crippen LogP contribution in [0.3, 0.4) is 0 Å². The molecule has 1 heterocycles. The summed E-state index contributed by atoms with van der Waals surface area (Å²) in [4.78, 5) is 25.8. The largest absolute Gasteiger partial charge is 0.465 e. The summed E-state index contributed by atoms with van der Waals surface area (Å²) in [6.45, 7) is 2.91. The summed E-state index contributed by atoms with van der Waals surface area (Å²) < 4.78 is 0. The summed E-state index contributed by atoms with van der Waals surface area (Å²) in [6, 6.07) is 23.1. The number of nitriles is 1. The number of carboxylic acid groups (broad SMARTS) is 1. The number of nitrogens with zero attached hydrogens (tertiary/aromatic N) is 2. The van der Waals surface area contributed by atoms with E-state index in [1.165, 1.54) is 5.56 Å². The molecular weight excluding hydrogens is 402 g/mol. The SMILES string of the molecule is Cc1ccc(-c2ccc(C(=O)N3CC[C@H](NC(=O)O)C3)cc2-c2ccc(C#N)cc2)cc1. The zero-order chi connectivity index (χ0) is 22.7. The highest BCUT2D eigenvalue weighted by Crippen LogP contribution is 2.34. The van der Waals surface area contributed by atoms with Gasteiger partial charge in [-0.05, 0) is 59.9 Å². The highest BCUT2D eigenvalue weighted by Gasteiger charge is 2.28. The predicted molar refractivity (Wildman–Crippen MR) is 122 cm³/mol. The van der Waals surface area contributed by atoms with Crippen molar-refractivity contribution in [1.82, 2.24) is 10.2 Å². The van der Waals surface area contributed by atoms with Gasteiger partial charge in [0, 0.05) is 18.7 Å². The predicted octanol–water partition coefficient (Wildman–Crippen LogP) is 4.68. The minimum absolute atomic E-state index is 0.120. The van der Waals surface area contributed by atoms with Crippen LogP contribution in [0.4, 0.5) is 4.79 Å². The Hall–Kier alpha value is -4.11. The molecule has 0 saturated carbocycles. The van der Waals surface area contributed by atoms with Gasteiger partial charge in [0.25, 0.3) is 5.91 Å². The van der Waals surface area contributed by atoms with Gasteiger partial charge in [-0.25, -0.2) is 4.79 Å². The number of aryl methyl sites for hydroxylation is 1. The Morgan fingerprint density at radius 3 is 2.31 bits per heavy atom. The average Bonchev–Trinajstić information content (AvgIpc) is 3.26. The van der Waals surface area contributed by atoms with Crippen molar-refractivity contribution in [3.63, 3.8) is 0 Å². The van der Waals surface area contributed by atoms with Crippen LogP contribution in [0.5, 0.6) is 0 Å². The Morgan fingerprint density at radius 2 is 1.66 bits per heavy atom. The van der Waals surface area contributed by atoms with E-state index in [4.69, 9.17) is 10.4 Å². The second-order valence-corrected chi connectivity index (χ2v) is 8.00. The molecule has 0 radical (unpaired) electrons. The zero-order valence-electron chi connectivity index (χ0n) is 17.7. The Kier molecular flexibility index (Phi) is 5.91. The highest BCUT2D eigenvalue weighted by atomic mass is 16.4. The summed E-state index contributed by atoms with van der Waals surface area (Å²) >= 11 is 0. The first-order valence-electron chi connectivity index (χ1n) is 10.4. The maximum Gasteiger partial charge on any atom is 0.404 e. The first-order chi connectivity index (χ1) is 15.4. The van der Waals surface area contributed by atoms with Crippen LogP contribution < -0.4 is 5.32 Å². The topological polar surface area (TPSA) is 93.4 Å². The molecule has 4 rings (SSSR count). The number of rotatable bonds is 4. The lowest BCUT2D eigenvalue weighted by atomic mass is 9.92. The van der Waals surface area contributed by atoms with Crippen LogP contribution in [-0.2, 0) is 0 Å². The molecule has 1 aliphatic rings. The molecule has 0 aliphatic carbocycles. The number of nitrogens with one attached hydrogen (secondary N) is 1. The van der Waals surface area contributed by atoms with E-state index in [2.05, 4.69) is 35.7 Å². The van der Waals surface area contributed by atoms with Crippen LogP contribution in [0.1, 0.15) is 27.9 Å². The average molecular weight is 425 g/mol. The minimum atomic E-state index is -1.07. The van der Waals surface area contributed by atoms with Crippen molar-refractivity contribution in [2.45, 2.75) is 19.4 Å². The van der Waals surface area contributed by atoms with Gasteiger partial charge in [-0.3, -0.25) is 4.79 Å². The van der Waals surface area contributed by atoms with Gasteiger partial charge >= 0.3 is 6.09 Å². The monoisotopic (exact) mass is 425 g/mol. The van der Waals surface area contributed by atoms with Crippen molar-refractivity contribution < 1.29 is 14.7 Å². The fraction of sp³-hybridized carbons (Fsp3) is 0.192. The lowest BCUT2D eigenvalue weighted by Crippen LogP contribution is -2.37. The second kappa shape index (κ2) is 8.94. The third-order valence-corrected chi connectivity index (χ3v) is 5.76. The van der Waals surface area contributed by atoms with Crippen LogP contribution >= 0.6 is 0 Å². The second-order valence-electron chi connectivity index (χ2n) is 8.00. The summed E-state index contributed by atoms with van der Waals surface area (Å²) in [5.74, 6) is -0.120. The van der Waals surface area contributed by atoms with Gasteiger partial charge in [0.1, 0.15) is 0 Å². The lowest BCUT2D eigenvalue weighted by molar-refractivity contribution is 0.0788. The molecule has 1 saturated heterocycles. The molecule has 32 heavy (non-hydrogen) atoms. The van der Waals surface area contributed by atoms with Gasteiger partial charge in [-0.15, -0.1) is 0 Å². The van der Waals surface area contributed by atoms with Crippen LogP contribution in [0.25, 0.3) is 22.3 Å². The van der Waals surface area contributed by atoms with E-state index >= 15 is 0 Å². The first-order valence-corrected chi connectivity index (χ1v) is 10.4. The molecule has 3 aromatic rings. The molecule has 0 unspecified atom stereocenters. The number of carbonyl (C=O) groups excluding carboxylic acids is 1. The fourth-order valence-corrected chi connectivity index (χ4v) is 4.05. The van der Waals surface area contributed by atoms with Crippen molar-refractivity contribution in [1.29, 1.82) is 5.26 Å². The Bertz CT molecular complexity index is 1190. The molecule has 6 nitrogen and oxygen atoms in total. The molecule has 0 aromatic heterocycles. The third-order valence-electron chi connectivity index (χ3n) is 5.76. The van der Waals surface area contributed by atoms with E-state index in [1.54, 1.807) is 17.0 Å². The van der Waals surface area contributed by atoms with Crippen molar-refractivity contribution in [2.75, 3.05) is 13.1 Å². The summed E-state index contributed by atoms with van der Waals surface area (Å²) in [6.07, 6.45) is -0.475. The Labute approximate surface area is 186 Å². The number of amides is 2. The van der Waals surface area contributed by atoms with Gasteiger partial charge in [-0.1, -0.05) is 48.0 Å². The van der Waals surface area contributed by atoms with Gasteiger partial charge in [-0.2, -0.15) is 5.26 Å². The normalized spacial score (nSPS) is 15.2. The number of hydrogen-bond donors (Lipinski definition) is 2. The lowest BCUT2D eigenvalue weighted by Gasteiger charge is -2.18. The molecule has 6 heteroatoms. The molecule has 0 spiro atoms. The number of hydrogen-bond acceptors (Lipinski definition) is 3. The molecule has 1 atom stereocenters. The summed E-state index contributed by atoms with van der Waals surface area (Å²) in [5.41, 5.74) is 6.16. The summed E-state index contributed by atoms with van der Waals surface area (Å²) in [7, 11) is 0. The van der Waals surface area contributed by atoms with Crippen LogP contribution in [-0.4, -0.2) is 41.1 Å². The maximum atomic E-state index is 13.2. The number of benzene rings is 3. The zero-order valence-corrected chi connectivity index (χ0v) is 17.7. The molecule has 0 bridgehead atoms. The van der Waals surface area contributed by atoms with E-state index in [0.29, 0.717) is 30.6 Å². The summed E-state index contributed by atoms with van der Waals surface area (Å²) in [5, 5.41) is 20.5. The maximum absolute atomic E-state index is 13.2. The van der Waals surface area contributed by atoms with Crippen molar-refractivity contribution in [3.05, 3.63) is 83.4 Å². The number of likely N-dealkylation sites (tertiary alicyclic amines) is 1. The third kappa shape index (κ3) is 4.47. The fourth-order valence-electron chi connectivity index (χ4n) is 4.05. The van der Waals surface area contributed by atoms with Gasteiger partial charge < -0.3 is 15.3 Å². The van der Waals surface area contributed by atoms with Crippen molar-refractivity contribution >= 4 is 12.0 Å².